The molecule has 0 aliphatic heterocycles. The minimum Gasteiger partial charge on any atom is -0.461 e. The van der Waals surface area contributed by atoms with Crippen LogP contribution in [0.5, 0.6) is 0 Å². The fourth-order valence-electron chi connectivity index (χ4n) is 0.408. The molecule has 0 rings (SSSR count). The van der Waals surface area contributed by atoms with Crippen LogP contribution in [0, 0.1) is 11.3 Å². The zero-order chi connectivity index (χ0) is 11.2. The van der Waals surface area contributed by atoms with E-state index < -0.39 is 21.8 Å². The summed E-state index contributed by atoms with van der Waals surface area (Å²) in [5.74, 6) is -1.03. The van der Waals surface area contributed by atoms with Gasteiger partial charge in [-0.3, -0.25) is 4.28 Å². The van der Waals surface area contributed by atoms with Crippen molar-refractivity contribution in [2.75, 3.05) is 12.9 Å². The van der Waals surface area contributed by atoms with E-state index in [2.05, 4.69) is 14.2 Å². The number of carbonyl (C=O) groups is 1. The maximum atomic E-state index is 10.8. The van der Waals surface area contributed by atoms with Gasteiger partial charge in [0.05, 0.1) is 12.9 Å². The van der Waals surface area contributed by atoms with E-state index in [1.807, 2.05) is 0 Å². The second kappa shape index (κ2) is 5.18. The summed E-state index contributed by atoms with van der Waals surface area (Å²) in [5, 5.41) is 11.2. The van der Waals surface area contributed by atoms with Crippen LogP contribution in [0.25, 0.3) is 0 Å². The summed E-state index contributed by atoms with van der Waals surface area (Å²) in [6.45, 7) is 1.59. The zero-order valence-electron chi connectivity index (χ0n) is 7.55. The quantitative estimate of drug-likeness (QED) is 0.356. The zero-order valence-corrected chi connectivity index (χ0v) is 8.37. The van der Waals surface area contributed by atoms with Crippen LogP contribution in [0.4, 0.5) is 0 Å². The molecule has 0 aromatic rings. The van der Waals surface area contributed by atoms with Gasteiger partial charge in [0.15, 0.2) is 0 Å². The maximum Gasteiger partial charge on any atom is 0.371 e. The van der Waals surface area contributed by atoms with E-state index in [1.165, 1.54) is 13.0 Å². The van der Waals surface area contributed by atoms with Crippen molar-refractivity contribution in [3.05, 3.63) is 0 Å². The molecular formula is C6H8N2O5S. The van der Waals surface area contributed by atoms with Crippen LogP contribution in [-0.2, 0) is 23.9 Å². The van der Waals surface area contributed by atoms with Crippen molar-refractivity contribution in [1.29, 1.82) is 5.26 Å². The summed E-state index contributed by atoms with van der Waals surface area (Å²) in [6, 6.07) is 1.35. The molecule has 0 radical (unpaired) electrons. The van der Waals surface area contributed by atoms with Gasteiger partial charge in [-0.15, -0.1) is 0 Å². The standard InChI is InChI=1S/C6H8N2O5S/c1-3-12-6(9)5(4-7)8-13-14(2,10)11/h3H2,1-2H3/b8-5-. The average molecular weight is 220 g/mol. The summed E-state index contributed by atoms with van der Waals surface area (Å²) in [5.41, 5.74) is -0.753. The molecule has 0 aliphatic carbocycles. The number of hydrogen-bond donors (Lipinski definition) is 0. The fourth-order valence-corrected chi connectivity index (χ4v) is 0.618. The third kappa shape index (κ3) is 5.10. The van der Waals surface area contributed by atoms with Gasteiger partial charge in [-0.1, -0.05) is 0 Å². The van der Waals surface area contributed by atoms with Crippen molar-refractivity contribution >= 4 is 21.8 Å². The molecular weight excluding hydrogens is 212 g/mol. The number of carbonyl (C=O) groups excluding carboxylic acids is 1. The molecule has 0 N–H and O–H groups in total. The summed E-state index contributed by atoms with van der Waals surface area (Å²) in [7, 11) is -3.82. The van der Waals surface area contributed by atoms with E-state index in [0.717, 1.165) is 6.26 Å². The van der Waals surface area contributed by atoms with E-state index in [0.29, 0.717) is 0 Å². The van der Waals surface area contributed by atoms with Crippen molar-refractivity contribution in [2.45, 2.75) is 6.92 Å². The van der Waals surface area contributed by atoms with E-state index >= 15 is 0 Å². The number of ether oxygens (including phenoxy) is 1. The highest BCUT2D eigenvalue weighted by atomic mass is 32.2. The Bertz CT molecular complexity index is 378. The summed E-state index contributed by atoms with van der Waals surface area (Å²) in [4.78, 5) is 10.8. The molecule has 0 bridgehead atoms. The molecule has 0 spiro atoms. The minimum atomic E-state index is -3.82. The molecule has 0 aliphatic rings. The Kier molecular flexibility index (Phi) is 4.58. The lowest BCUT2D eigenvalue weighted by Crippen LogP contribution is -2.16. The lowest BCUT2D eigenvalue weighted by atomic mass is 10.4. The van der Waals surface area contributed by atoms with Crippen molar-refractivity contribution in [1.82, 2.24) is 0 Å². The number of nitrogens with zero attached hydrogens (tertiary/aromatic N) is 2. The summed E-state index contributed by atoms with van der Waals surface area (Å²) in [6.07, 6.45) is 0.733. The minimum absolute atomic E-state index is 0.0540. The van der Waals surface area contributed by atoms with E-state index in [9.17, 15) is 13.2 Å². The van der Waals surface area contributed by atoms with Crippen LogP contribution >= 0.6 is 0 Å². The van der Waals surface area contributed by atoms with E-state index in [4.69, 9.17) is 5.26 Å². The molecule has 0 heterocycles. The summed E-state index contributed by atoms with van der Waals surface area (Å²) < 4.78 is 29.2. The van der Waals surface area contributed by atoms with Crippen molar-refractivity contribution < 1.29 is 22.2 Å². The number of oxime groups is 1. The molecule has 0 aromatic carbocycles. The van der Waals surface area contributed by atoms with Gasteiger partial charge in [-0.25, -0.2) is 4.79 Å². The molecule has 0 unspecified atom stereocenters. The predicted molar refractivity (Wildman–Crippen MR) is 45.6 cm³/mol. The topological polar surface area (TPSA) is 106 Å². The fraction of sp³-hybridized carbons (Fsp3) is 0.500. The average Bonchev–Trinajstić information content (AvgIpc) is 2.03. The van der Waals surface area contributed by atoms with Crippen molar-refractivity contribution in [3.8, 4) is 6.07 Å². The van der Waals surface area contributed by atoms with E-state index in [1.54, 1.807) is 0 Å². The molecule has 7 nitrogen and oxygen atoms in total. The van der Waals surface area contributed by atoms with E-state index in [-0.39, 0.29) is 6.61 Å². The Morgan fingerprint density at radius 3 is 2.50 bits per heavy atom. The van der Waals surface area contributed by atoms with Gasteiger partial charge in [0.1, 0.15) is 6.07 Å². The number of rotatable bonds is 4. The molecule has 0 saturated carbocycles. The molecule has 0 saturated heterocycles. The first-order valence-electron chi connectivity index (χ1n) is 3.44. The van der Waals surface area contributed by atoms with Crippen LogP contribution < -0.4 is 0 Å². The first-order valence-corrected chi connectivity index (χ1v) is 5.26. The Morgan fingerprint density at radius 1 is 1.57 bits per heavy atom. The van der Waals surface area contributed by atoms with Crippen LogP contribution in [0.3, 0.4) is 0 Å². The molecule has 0 aromatic heterocycles. The van der Waals surface area contributed by atoms with Gasteiger partial charge >= 0.3 is 16.1 Å². The SMILES string of the molecule is CCOC(=O)/C(C#N)=N\OS(C)(=O)=O. The summed E-state index contributed by atoms with van der Waals surface area (Å²) >= 11 is 0. The smallest absolute Gasteiger partial charge is 0.371 e. The molecule has 0 atom stereocenters. The number of hydrogen-bond acceptors (Lipinski definition) is 7. The maximum absolute atomic E-state index is 10.8. The molecule has 0 amide bonds. The molecule has 78 valence electrons. The van der Waals surface area contributed by atoms with Gasteiger partial charge in [-0.05, 0) is 12.1 Å². The normalized spacial score (nSPS) is 11.6. The Labute approximate surface area is 81.0 Å². The molecule has 14 heavy (non-hydrogen) atoms. The monoisotopic (exact) mass is 220 g/mol. The molecule has 8 heteroatoms. The van der Waals surface area contributed by atoms with Crippen LogP contribution in [-0.4, -0.2) is 33.0 Å². The second-order valence-electron chi connectivity index (χ2n) is 2.05. The van der Waals surface area contributed by atoms with Gasteiger partial charge in [0, 0.05) is 0 Å². The Hall–Kier alpha value is -1.62. The highest BCUT2D eigenvalue weighted by Crippen LogP contribution is 1.91. The first kappa shape index (κ1) is 12.4. The second-order valence-corrected chi connectivity index (χ2v) is 3.61. The van der Waals surface area contributed by atoms with Crippen LogP contribution in [0.2, 0.25) is 0 Å². The van der Waals surface area contributed by atoms with Gasteiger partial charge in [-0.2, -0.15) is 13.7 Å². The first-order chi connectivity index (χ1) is 6.40. The van der Waals surface area contributed by atoms with Crippen molar-refractivity contribution in [3.63, 3.8) is 0 Å². The largest absolute Gasteiger partial charge is 0.461 e. The van der Waals surface area contributed by atoms with Gasteiger partial charge in [0.25, 0.3) is 5.71 Å². The third-order valence-corrected chi connectivity index (χ3v) is 1.18. The van der Waals surface area contributed by atoms with Gasteiger partial charge < -0.3 is 4.74 Å². The van der Waals surface area contributed by atoms with Crippen LogP contribution in [0.15, 0.2) is 5.16 Å². The highest BCUT2D eigenvalue weighted by molar-refractivity contribution is 7.85. The highest BCUT2D eigenvalue weighted by Gasteiger charge is 2.14. The van der Waals surface area contributed by atoms with Crippen molar-refractivity contribution in [2.24, 2.45) is 5.16 Å². The predicted octanol–water partition coefficient (Wildman–Crippen LogP) is -0.595. The van der Waals surface area contributed by atoms with Crippen LogP contribution in [0.1, 0.15) is 6.92 Å². The lowest BCUT2D eigenvalue weighted by molar-refractivity contribution is -0.135. The lowest BCUT2D eigenvalue weighted by Gasteiger charge is -1.97. The molecule has 0 fully saturated rings. The van der Waals surface area contributed by atoms with Gasteiger partial charge in [0.2, 0.25) is 0 Å². The Balaban J connectivity index is 4.59. The Morgan fingerprint density at radius 2 is 2.14 bits per heavy atom. The number of esters is 1. The third-order valence-electron chi connectivity index (χ3n) is 0.839. The number of nitriles is 1.